The van der Waals surface area contributed by atoms with Crippen molar-refractivity contribution in [3.63, 3.8) is 0 Å². The maximum atomic E-state index is 4.70. The van der Waals surface area contributed by atoms with Gasteiger partial charge in [0.05, 0.1) is 17.6 Å². The summed E-state index contributed by atoms with van der Waals surface area (Å²) < 4.78 is 1.16. The molecule has 2 N–H and O–H groups in total. The monoisotopic (exact) mass is 445 g/mol. The van der Waals surface area contributed by atoms with Crippen molar-refractivity contribution in [1.29, 1.82) is 0 Å². The van der Waals surface area contributed by atoms with E-state index in [9.17, 15) is 0 Å². The SMILES string of the molecule is CCCNCc1nc2ccc(-c3ccc4c(c3)CCc3cc(Br)ccc3-4)cc2[nH]1. The van der Waals surface area contributed by atoms with Crippen LogP contribution in [0.15, 0.2) is 59.1 Å². The highest BCUT2D eigenvalue weighted by Crippen LogP contribution is 2.37. The number of aromatic amines is 1. The molecule has 0 spiro atoms. The number of aryl methyl sites for hydroxylation is 2. The van der Waals surface area contributed by atoms with Crippen LogP contribution in [0.3, 0.4) is 0 Å². The fraction of sp³-hybridized carbons (Fsp3) is 0.240. The highest BCUT2D eigenvalue weighted by molar-refractivity contribution is 9.10. The van der Waals surface area contributed by atoms with E-state index in [0.29, 0.717) is 0 Å². The summed E-state index contributed by atoms with van der Waals surface area (Å²) in [6.07, 6.45) is 3.32. The molecule has 0 aliphatic heterocycles. The quantitative estimate of drug-likeness (QED) is 0.356. The van der Waals surface area contributed by atoms with Crippen LogP contribution in [0.5, 0.6) is 0 Å². The minimum Gasteiger partial charge on any atom is -0.341 e. The van der Waals surface area contributed by atoms with Crippen molar-refractivity contribution < 1.29 is 0 Å². The number of nitrogens with one attached hydrogen (secondary N) is 2. The van der Waals surface area contributed by atoms with Gasteiger partial charge in [0.25, 0.3) is 0 Å². The van der Waals surface area contributed by atoms with E-state index >= 15 is 0 Å². The van der Waals surface area contributed by atoms with E-state index in [0.717, 1.165) is 53.7 Å². The van der Waals surface area contributed by atoms with Crippen LogP contribution in [-0.2, 0) is 19.4 Å². The number of benzene rings is 3. The average Bonchev–Trinajstić information content (AvgIpc) is 3.15. The summed E-state index contributed by atoms with van der Waals surface area (Å²) in [6.45, 7) is 3.97. The minimum atomic E-state index is 0.784. The Morgan fingerprint density at radius 2 is 1.66 bits per heavy atom. The molecule has 3 aromatic carbocycles. The van der Waals surface area contributed by atoms with Gasteiger partial charge in [-0.3, -0.25) is 0 Å². The van der Waals surface area contributed by atoms with Gasteiger partial charge < -0.3 is 10.3 Å². The smallest absolute Gasteiger partial charge is 0.121 e. The van der Waals surface area contributed by atoms with E-state index in [1.165, 1.54) is 33.4 Å². The van der Waals surface area contributed by atoms with Crippen LogP contribution in [0.2, 0.25) is 0 Å². The molecule has 1 aliphatic rings. The lowest BCUT2D eigenvalue weighted by Crippen LogP contribution is -2.14. The molecule has 0 saturated heterocycles. The molecule has 1 aliphatic carbocycles. The number of rotatable bonds is 5. The molecule has 0 radical (unpaired) electrons. The molecule has 4 heteroatoms. The highest BCUT2D eigenvalue weighted by atomic mass is 79.9. The van der Waals surface area contributed by atoms with Gasteiger partial charge in [-0.2, -0.15) is 0 Å². The Morgan fingerprint density at radius 1 is 0.931 bits per heavy atom. The van der Waals surface area contributed by atoms with Crippen molar-refractivity contribution in [1.82, 2.24) is 15.3 Å². The molecule has 0 unspecified atom stereocenters. The van der Waals surface area contributed by atoms with Gasteiger partial charge in [-0.25, -0.2) is 4.98 Å². The summed E-state index contributed by atoms with van der Waals surface area (Å²) in [6, 6.07) is 20.1. The van der Waals surface area contributed by atoms with Gasteiger partial charge in [0.1, 0.15) is 5.82 Å². The molecule has 1 heterocycles. The van der Waals surface area contributed by atoms with Crippen molar-refractivity contribution in [3.05, 3.63) is 76.0 Å². The lowest BCUT2D eigenvalue weighted by Gasteiger charge is -2.21. The Hall–Kier alpha value is -2.43. The first kappa shape index (κ1) is 18.6. The normalized spacial score (nSPS) is 12.8. The first-order chi connectivity index (χ1) is 14.2. The fourth-order valence-electron chi connectivity index (χ4n) is 4.25. The molecule has 0 bridgehead atoms. The Bertz CT molecular complexity index is 1190. The summed E-state index contributed by atoms with van der Waals surface area (Å²) in [7, 11) is 0. The molecule has 29 heavy (non-hydrogen) atoms. The molecule has 146 valence electrons. The zero-order valence-electron chi connectivity index (χ0n) is 16.6. The van der Waals surface area contributed by atoms with Gasteiger partial charge in [-0.05, 0) is 83.5 Å². The molecule has 0 amide bonds. The van der Waals surface area contributed by atoms with E-state index in [4.69, 9.17) is 4.98 Å². The van der Waals surface area contributed by atoms with Gasteiger partial charge in [0.15, 0.2) is 0 Å². The molecule has 0 fully saturated rings. The molecule has 4 aromatic rings. The third kappa shape index (κ3) is 3.63. The van der Waals surface area contributed by atoms with E-state index in [1.807, 2.05) is 0 Å². The largest absolute Gasteiger partial charge is 0.341 e. The Kier molecular flexibility index (Phi) is 4.98. The van der Waals surface area contributed by atoms with Crippen molar-refractivity contribution >= 4 is 27.0 Å². The standard InChI is InChI=1S/C25H24BrN3/c1-2-11-27-15-25-28-23-10-6-17(14-24(23)29-25)16-5-8-21-18(12-16)3-4-19-13-20(26)7-9-22(19)21/h5-10,12-14,27H,2-4,11,15H2,1H3,(H,28,29). The highest BCUT2D eigenvalue weighted by Gasteiger charge is 2.17. The van der Waals surface area contributed by atoms with Crippen molar-refractivity contribution in [2.24, 2.45) is 0 Å². The van der Waals surface area contributed by atoms with Crippen LogP contribution >= 0.6 is 15.9 Å². The van der Waals surface area contributed by atoms with Crippen molar-refractivity contribution in [2.75, 3.05) is 6.54 Å². The van der Waals surface area contributed by atoms with Gasteiger partial charge in [-0.15, -0.1) is 0 Å². The van der Waals surface area contributed by atoms with E-state index in [-0.39, 0.29) is 0 Å². The van der Waals surface area contributed by atoms with Crippen molar-refractivity contribution in [3.8, 4) is 22.3 Å². The van der Waals surface area contributed by atoms with Crippen LogP contribution in [0.1, 0.15) is 30.3 Å². The van der Waals surface area contributed by atoms with Gasteiger partial charge in [0, 0.05) is 4.47 Å². The Morgan fingerprint density at radius 3 is 2.48 bits per heavy atom. The fourth-order valence-corrected chi connectivity index (χ4v) is 4.66. The van der Waals surface area contributed by atoms with E-state index < -0.39 is 0 Å². The Labute approximate surface area is 179 Å². The van der Waals surface area contributed by atoms with Crippen LogP contribution in [0, 0.1) is 0 Å². The number of nitrogens with zero attached hydrogens (tertiary/aromatic N) is 1. The van der Waals surface area contributed by atoms with Gasteiger partial charge in [0.2, 0.25) is 0 Å². The topological polar surface area (TPSA) is 40.7 Å². The summed E-state index contributed by atoms with van der Waals surface area (Å²) in [5.41, 5.74) is 10.2. The number of aromatic nitrogens is 2. The molecule has 3 nitrogen and oxygen atoms in total. The van der Waals surface area contributed by atoms with Crippen LogP contribution < -0.4 is 5.32 Å². The maximum absolute atomic E-state index is 4.70. The second-order valence-corrected chi connectivity index (χ2v) is 8.68. The minimum absolute atomic E-state index is 0.784. The number of imidazole rings is 1. The lowest BCUT2D eigenvalue weighted by atomic mass is 9.84. The molecule has 5 rings (SSSR count). The molecule has 0 atom stereocenters. The summed E-state index contributed by atoms with van der Waals surface area (Å²) in [5, 5.41) is 3.41. The number of halogens is 1. The summed E-state index contributed by atoms with van der Waals surface area (Å²) in [5.74, 6) is 0.999. The first-order valence-electron chi connectivity index (χ1n) is 10.3. The zero-order valence-corrected chi connectivity index (χ0v) is 18.1. The van der Waals surface area contributed by atoms with Gasteiger partial charge in [-0.1, -0.05) is 53.2 Å². The zero-order chi connectivity index (χ0) is 19.8. The van der Waals surface area contributed by atoms with Crippen molar-refractivity contribution in [2.45, 2.75) is 32.7 Å². The second kappa shape index (κ2) is 7.77. The number of fused-ring (bicyclic) bond motifs is 4. The van der Waals surface area contributed by atoms with Gasteiger partial charge >= 0.3 is 0 Å². The predicted molar refractivity (Wildman–Crippen MR) is 124 cm³/mol. The third-order valence-corrected chi connectivity index (χ3v) is 6.20. The first-order valence-corrected chi connectivity index (χ1v) is 11.1. The van der Waals surface area contributed by atoms with Crippen LogP contribution in [0.25, 0.3) is 33.3 Å². The maximum Gasteiger partial charge on any atom is 0.121 e. The molecule has 0 saturated carbocycles. The summed E-state index contributed by atoms with van der Waals surface area (Å²) >= 11 is 3.60. The second-order valence-electron chi connectivity index (χ2n) is 7.77. The number of hydrogen-bond acceptors (Lipinski definition) is 2. The number of hydrogen-bond donors (Lipinski definition) is 2. The van der Waals surface area contributed by atoms with E-state index in [1.54, 1.807) is 0 Å². The Balaban J connectivity index is 1.47. The van der Waals surface area contributed by atoms with Crippen LogP contribution in [-0.4, -0.2) is 16.5 Å². The number of H-pyrrole nitrogens is 1. The predicted octanol–water partition coefficient (Wildman–Crippen LogP) is 6.26. The average molecular weight is 446 g/mol. The van der Waals surface area contributed by atoms with E-state index in [2.05, 4.69) is 87.8 Å². The lowest BCUT2D eigenvalue weighted by molar-refractivity contribution is 0.656. The summed E-state index contributed by atoms with van der Waals surface area (Å²) in [4.78, 5) is 8.17. The molecule has 1 aromatic heterocycles. The third-order valence-electron chi connectivity index (χ3n) is 5.71. The molecular weight excluding hydrogens is 422 g/mol. The molecular formula is C25H24BrN3. The van der Waals surface area contributed by atoms with Crippen LogP contribution in [0.4, 0.5) is 0 Å².